The zero-order valence-corrected chi connectivity index (χ0v) is 25.9. The van der Waals surface area contributed by atoms with Crippen LogP contribution in [0.15, 0.2) is 54.6 Å². The SMILES string of the molecule is C[C@H](CCC(=O)Nc1ccc(C(=O)c2ccccc2)cc1)[C@H]1CC[C@H]2[C@@H]3[C@H](O)C[C@@H]4C[C@H](O)CC[C@]4(C)[C@H]3C[C@H](O)[C@]12C. The number of hydrogen-bond donors (Lipinski definition) is 4. The minimum absolute atomic E-state index is 0.0425. The molecule has 4 fully saturated rings. The summed E-state index contributed by atoms with van der Waals surface area (Å²) in [4.78, 5) is 25.6. The minimum atomic E-state index is -0.422. The second-order valence-corrected chi connectivity index (χ2v) is 14.9. The first kappa shape index (κ1) is 30.5. The summed E-state index contributed by atoms with van der Waals surface area (Å²) in [7, 11) is 0. The first-order chi connectivity index (χ1) is 20.5. The van der Waals surface area contributed by atoms with Crippen LogP contribution in [0.1, 0.15) is 94.5 Å². The maximum Gasteiger partial charge on any atom is 0.224 e. The Morgan fingerprint density at radius 3 is 2.30 bits per heavy atom. The van der Waals surface area contributed by atoms with E-state index in [4.69, 9.17) is 0 Å². The number of nitrogens with one attached hydrogen (secondary N) is 1. The molecule has 232 valence electrons. The maximum absolute atomic E-state index is 12.9. The van der Waals surface area contributed by atoms with Crippen molar-refractivity contribution >= 4 is 17.4 Å². The topological polar surface area (TPSA) is 107 Å². The van der Waals surface area contributed by atoms with Gasteiger partial charge in [0.05, 0.1) is 18.3 Å². The van der Waals surface area contributed by atoms with Crippen molar-refractivity contribution in [1.29, 1.82) is 0 Å². The fraction of sp³-hybridized carbons (Fsp3) is 0.622. The molecule has 6 rings (SSSR count). The van der Waals surface area contributed by atoms with Gasteiger partial charge in [0, 0.05) is 23.2 Å². The number of aliphatic hydroxyl groups is 3. The van der Waals surface area contributed by atoms with E-state index in [9.17, 15) is 24.9 Å². The van der Waals surface area contributed by atoms with E-state index < -0.39 is 6.10 Å². The van der Waals surface area contributed by atoms with E-state index in [1.807, 2.05) is 18.2 Å². The summed E-state index contributed by atoms with van der Waals surface area (Å²) < 4.78 is 0. The molecule has 2 aromatic rings. The highest BCUT2D eigenvalue weighted by molar-refractivity contribution is 6.09. The van der Waals surface area contributed by atoms with Crippen molar-refractivity contribution in [3.05, 3.63) is 65.7 Å². The van der Waals surface area contributed by atoms with Crippen LogP contribution in [0.2, 0.25) is 0 Å². The molecule has 0 bridgehead atoms. The van der Waals surface area contributed by atoms with E-state index in [-0.39, 0.29) is 58.4 Å². The molecule has 4 saturated carbocycles. The van der Waals surface area contributed by atoms with Crippen LogP contribution < -0.4 is 5.32 Å². The van der Waals surface area contributed by atoms with Gasteiger partial charge in [0.2, 0.25) is 5.91 Å². The summed E-state index contributed by atoms with van der Waals surface area (Å²) in [6, 6.07) is 16.2. The lowest BCUT2D eigenvalue weighted by Gasteiger charge is -2.63. The molecule has 6 heteroatoms. The Kier molecular flexibility index (Phi) is 8.33. The molecular weight excluding hydrogens is 538 g/mol. The average molecular weight is 588 g/mol. The van der Waals surface area contributed by atoms with Gasteiger partial charge >= 0.3 is 0 Å². The molecule has 0 aromatic heterocycles. The summed E-state index contributed by atoms with van der Waals surface area (Å²) in [5.74, 6) is 1.57. The number of benzene rings is 2. The summed E-state index contributed by atoms with van der Waals surface area (Å²) in [5.41, 5.74) is 1.71. The number of aliphatic hydroxyl groups excluding tert-OH is 3. The molecule has 43 heavy (non-hydrogen) atoms. The number of hydrogen-bond acceptors (Lipinski definition) is 5. The molecule has 0 unspecified atom stereocenters. The van der Waals surface area contributed by atoms with Crippen LogP contribution >= 0.6 is 0 Å². The second-order valence-electron chi connectivity index (χ2n) is 14.9. The summed E-state index contributed by atoms with van der Waals surface area (Å²) in [5, 5.41) is 36.7. The van der Waals surface area contributed by atoms with Crippen LogP contribution in [0.5, 0.6) is 0 Å². The standard InChI is InChI=1S/C37H49NO5/c1-22(9-16-33(42)38-26-12-10-24(11-13-26)35(43)23-7-5-4-6-8-23)28-14-15-29-34-30(21-32(41)37(28,29)3)36(2)18-17-27(39)19-25(36)20-31(34)40/h4-8,10-13,22,25,27-32,34,39-41H,9,14-21H2,1-3H3,(H,38,42)/t22-,25+,27-,28-,29+,30+,31-,32+,34+,36+,37-/m1/s1. The molecule has 0 spiro atoms. The molecular formula is C37H49NO5. The van der Waals surface area contributed by atoms with Crippen LogP contribution in [-0.4, -0.2) is 45.3 Å². The Hall–Kier alpha value is -2.54. The van der Waals surface area contributed by atoms with E-state index in [2.05, 4.69) is 26.1 Å². The van der Waals surface area contributed by atoms with Crippen molar-refractivity contribution in [1.82, 2.24) is 0 Å². The van der Waals surface area contributed by atoms with Gasteiger partial charge in [0.15, 0.2) is 5.78 Å². The van der Waals surface area contributed by atoms with Crippen molar-refractivity contribution in [3.8, 4) is 0 Å². The predicted molar refractivity (Wildman–Crippen MR) is 167 cm³/mol. The average Bonchev–Trinajstić information content (AvgIpc) is 3.36. The van der Waals surface area contributed by atoms with Crippen LogP contribution in [0, 0.1) is 46.3 Å². The molecule has 6 nitrogen and oxygen atoms in total. The van der Waals surface area contributed by atoms with Gasteiger partial charge < -0.3 is 20.6 Å². The van der Waals surface area contributed by atoms with Crippen molar-refractivity contribution in [2.45, 2.75) is 96.9 Å². The fourth-order valence-electron chi connectivity index (χ4n) is 10.4. The molecule has 0 aliphatic heterocycles. The first-order valence-corrected chi connectivity index (χ1v) is 16.6. The van der Waals surface area contributed by atoms with Gasteiger partial charge in [-0.1, -0.05) is 51.1 Å². The highest BCUT2D eigenvalue weighted by Gasteiger charge is 2.65. The largest absolute Gasteiger partial charge is 0.393 e. The van der Waals surface area contributed by atoms with E-state index in [1.165, 1.54) is 0 Å². The van der Waals surface area contributed by atoms with E-state index in [0.29, 0.717) is 35.1 Å². The number of carbonyl (C=O) groups excluding carboxylic acids is 2. The third-order valence-corrected chi connectivity index (χ3v) is 12.8. The van der Waals surface area contributed by atoms with Crippen molar-refractivity contribution < 1.29 is 24.9 Å². The van der Waals surface area contributed by atoms with E-state index in [0.717, 1.165) is 51.4 Å². The molecule has 11 atom stereocenters. The quantitative estimate of drug-likeness (QED) is 0.287. The van der Waals surface area contributed by atoms with E-state index >= 15 is 0 Å². The predicted octanol–water partition coefficient (Wildman–Crippen LogP) is 6.23. The van der Waals surface area contributed by atoms with Crippen molar-refractivity contribution in [2.75, 3.05) is 5.32 Å². The third-order valence-electron chi connectivity index (χ3n) is 12.8. The van der Waals surface area contributed by atoms with Crippen LogP contribution in [0.25, 0.3) is 0 Å². The summed E-state index contributed by atoms with van der Waals surface area (Å²) in [6.45, 7) is 6.85. The maximum atomic E-state index is 12.9. The number of amides is 1. The molecule has 2 aromatic carbocycles. The Morgan fingerprint density at radius 2 is 1.58 bits per heavy atom. The molecule has 4 aliphatic rings. The van der Waals surface area contributed by atoms with Crippen LogP contribution in [0.4, 0.5) is 5.69 Å². The molecule has 0 saturated heterocycles. The number of fused-ring (bicyclic) bond motifs is 5. The zero-order valence-electron chi connectivity index (χ0n) is 25.9. The van der Waals surface area contributed by atoms with Gasteiger partial charge in [-0.3, -0.25) is 9.59 Å². The van der Waals surface area contributed by atoms with Gasteiger partial charge in [-0.25, -0.2) is 0 Å². The Morgan fingerprint density at radius 1 is 0.884 bits per heavy atom. The van der Waals surface area contributed by atoms with Gasteiger partial charge in [-0.05, 0) is 122 Å². The van der Waals surface area contributed by atoms with Crippen molar-refractivity contribution in [3.63, 3.8) is 0 Å². The normalized spacial score (nSPS) is 39.2. The lowest BCUT2D eigenvalue weighted by atomic mass is 9.43. The molecule has 0 radical (unpaired) electrons. The molecule has 1 amide bonds. The summed E-state index contributed by atoms with van der Waals surface area (Å²) >= 11 is 0. The lowest BCUT2D eigenvalue weighted by molar-refractivity contribution is -0.207. The number of ketones is 1. The highest BCUT2D eigenvalue weighted by atomic mass is 16.3. The van der Waals surface area contributed by atoms with Crippen LogP contribution in [0.3, 0.4) is 0 Å². The summed E-state index contributed by atoms with van der Waals surface area (Å²) in [6.07, 6.45) is 6.17. The number of carbonyl (C=O) groups is 2. The minimum Gasteiger partial charge on any atom is -0.393 e. The Labute approximate surface area is 256 Å². The number of anilines is 1. The Bertz CT molecular complexity index is 1310. The van der Waals surface area contributed by atoms with Gasteiger partial charge in [-0.15, -0.1) is 0 Å². The number of rotatable bonds is 7. The van der Waals surface area contributed by atoms with Gasteiger partial charge in [0.1, 0.15) is 0 Å². The smallest absolute Gasteiger partial charge is 0.224 e. The third kappa shape index (κ3) is 5.38. The fourth-order valence-corrected chi connectivity index (χ4v) is 10.4. The second kappa shape index (κ2) is 11.8. The Balaban J connectivity index is 1.07. The highest BCUT2D eigenvalue weighted by Crippen LogP contribution is 2.68. The van der Waals surface area contributed by atoms with Gasteiger partial charge in [0.25, 0.3) is 0 Å². The lowest BCUT2D eigenvalue weighted by Crippen LogP contribution is -2.62. The van der Waals surface area contributed by atoms with Crippen LogP contribution in [-0.2, 0) is 4.79 Å². The van der Waals surface area contributed by atoms with Gasteiger partial charge in [-0.2, -0.15) is 0 Å². The van der Waals surface area contributed by atoms with E-state index in [1.54, 1.807) is 36.4 Å². The molecule has 4 aliphatic carbocycles. The zero-order chi connectivity index (χ0) is 30.5. The molecule has 0 heterocycles. The first-order valence-electron chi connectivity index (χ1n) is 16.6. The van der Waals surface area contributed by atoms with Crippen molar-refractivity contribution in [2.24, 2.45) is 46.3 Å². The molecule has 4 N–H and O–H groups in total. The monoisotopic (exact) mass is 587 g/mol.